The molecule has 0 radical (unpaired) electrons. The molecule has 1 unspecified atom stereocenters. The van der Waals surface area contributed by atoms with E-state index in [9.17, 15) is 0 Å². The lowest BCUT2D eigenvalue weighted by atomic mass is 10.2. The van der Waals surface area contributed by atoms with Crippen molar-refractivity contribution < 1.29 is 0 Å². The maximum Gasteiger partial charge on any atom is 0.191 e. The van der Waals surface area contributed by atoms with E-state index in [1.54, 1.807) is 0 Å². The van der Waals surface area contributed by atoms with Crippen molar-refractivity contribution in [1.82, 2.24) is 20.1 Å². The summed E-state index contributed by atoms with van der Waals surface area (Å²) >= 11 is 1.87. The van der Waals surface area contributed by atoms with E-state index in [1.165, 1.54) is 37.9 Å². The van der Waals surface area contributed by atoms with E-state index >= 15 is 0 Å². The molecule has 19 heavy (non-hydrogen) atoms. The Balaban J connectivity index is 1.93. The molecule has 0 saturated heterocycles. The smallest absolute Gasteiger partial charge is 0.191 e. The summed E-state index contributed by atoms with van der Waals surface area (Å²) in [4.78, 5) is 0. The number of aryl methyl sites for hydroxylation is 1. The molecule has 108 valence electrons. The van der Waals surface area contributed by atoms with Gasteiger partial charge in [0, 0.05) is 24.8 Å². The Morgan fingerprint density at radius 2 is 2.16 bits per heavy atom. The molecular weight excluding hydrogens is 256 g/mol. The van der Waals surface area contributed by atoms with Gasteiger partial charge in [0.05, 0.1) is 0 Å². The van der Waals surface area contributed by atoms with Crippen LogP contribution >= 0.6 is 11.8 Å². The summed E-state index contributed by atoms with van der Waals surface area (Å²) in [6.07, 6.45) is 7.42. The van der Waals surface area contributed by atoms with Gasteiger partial charge in [-0.1, -0.05) is 38.5 Å². The van der Waals surface area contributed by atoms with Gasteiger partial charge in [0.2, 0.25) is 0 Å². The number of hydrogen-bond donors (Lipinski definition) is 1. The number of rotatable bonds is 7. The number of fused-ring (bicyclic) bond motifs is 1. The van der Waals surface area contributed by atoms with Crippen molar-refractivity contribution in [2.24, 2.45) is 0 Å². The molecule has 1 aromatic heterocycles. The van der Waals surface area contributed by atoms with Crippen LogP contribution < -0.4 is 5.32 Å². The lowest BCUT2D eigenvalue weighted by Crippen LogP contribution is -2.31. The molecule has 1 aromatic rings. The van der Waals surface area contributed by atoms with Crippen LogP contribution in [0.5, 0.6) is 0 Å². The van der Waals surface area contributed by atoms with Crippen LogP contribution in [-0.4, -0.2) is 33.1 Å². The first-order valence-electron chi connectivity index (χ1n) is 7.63. The summed E-state index contributed by atoms with van der Waals surface area (Å²) < 4.78 is 2.34. The van der Waals surface area contributed by atoms with E-state index in [-0.39, 0.29) is 0 Å². The van der Waals surface area contributed by atoms with Gasteiger partial charge < -0.3 is 9.88 Å². The summed E-state index contributed by atoms with van der Waals surface area (Å²) in [5.41, 5.74) is 0. The fourth-order valence-electron chi connectivity index (χ4n) is 2.62. The highest BCUT2D eigenvalue weighted by molar-refractivity contribution is 7.99. The molecule has 2 heterocycles. The molecule has 2 rings (SSSR count). The Kier molecular flexibility index (Phi) is 6.17. The van der Waals surface area contributed by atoms with Gasteiger partial charge in [-0.2, -0.15) is 0 Å². The maximum atomic E-state index is 4.38. The van der Waals surface area contributed by atoms with Crippen molar-refractivity contribution in [3.63, 3.8) is 0 Å². The highest BCUT2D eigenvalue weighted by atomic mass is 32.2. The topological polar surface area (TPSA) is 42.7 Å². The van der Waals surface area contributed by atoms with Crippen molar-refractivity contribution in [2.75, 3.05) is 12.3 Å². The first-order valence-corrected chi connectivity index (χ1v) is 8.62. The van der Waals surface area contributed by atoms with Crippen LogP contribution in [-0.2, 0) is 13.0 Å². The van der Waals surface area contributed by atoms with Crippen molar-refractivity contribution >= 4 is 11.8 Å². The monoisotopic (exact) mass is 282 g/mol. The Hall–Kier alpha value is -0.550. The van der Waals surface area contributed by atoms with E-state index < -0.39 is 0 Å². The highest BCUT2D eigenvalue weighted by Crippen LogP contribution is 2.22. The average molecular weight is 282 g/mol. The van der Waals surface area contributed by atoms with Crippen LogP contribution in [0, 0.1) is 0 Å². The first-order chi connectivity index (χ1) is 9.35. The largest absolute Gasteiger partial charge is 0.313 e. The molecule has 0 aliphatic carbocycles. The summed E-state index contributed by atoms with van der Waals surface area (Å²) in [6.45, 7) is 6.57. The fourth-order valence-corrected chi connectivity index (χ4v) is 3.71. The van der Waals surface area contributed by atoms with Gasteiger partial charge in [0.25, 0.3) is 0 Å². The molecule has 4 nitrogen and oxygen atoms in total. The second kappa shape index (κ2) is 7.90. The molecular formula is C14H26N4S. The number of nitrogens with one attached hydrogen (secondary N) is 1. The normalized spacial score (nSPS) is 16.9. The van der Waals surface area contributed by atoms with Crippen molar-refractivity contribution in [2.45, 2.75) is 70.1 Å². The Morgan fingerprint density at radius 3 is 2.95 bits per heavy atom. The zero-order valence-corrected chi connectivity index (χ0v) is 13.0. The zero-order chi connectivity index (χ0) is 13.5. The predicted molar refractivity (Wildman–Crippen MR) is 80.7 cm³/mol. The first kappa shape index (κ1) is 14.9. The van der Waals surface area contributed by atoms with Crippen molar-refractivity contribution in [3.8, 4) is 0 Å². The third-order valence-electron chi connectivity index (χ3n) is 3.62. The fraction of sp³-hybridized carbons (Fsp3) is 0.857. The Bertz CT molecular complexity index is 372. The van der Waals surface area contributed by atoms with Gasteiger partial charge in [0.1, 0.15) is 5.82 Å². The van der Waals surface area contributed by atoms with Gasteiger partial charge in [-0.05, 0) is 25.8 Å². The van der Waals surface area contributed by atoms with E-state index in [0.29, 0.717) is 6.04 Å². The molecule has 0 aromatic carbocycles. The Labute approximate surface area is 120 Å². The summed E-state index contributed by atoms with van der Waals surface area (Å²) in [6, 6.07) is 0.596. The molecule has 0 amide bonds. The van der Waals surface area contributed by atoms with E-state index in [1.807, 2.05) is 11.8 Å². The van der Waals surface area contributed by atoms with Crippen molar-refractivity contribution in [3.05, 3.63) is 5.82 Å². The minimum absolute atomic E-state index is 0.596. The quantitative estimate of drug-likeness (QED) is 0.781. The van der Waals surface area contributed by atoms with Gasteiger partial charge in [-0.25, -0.2) is 0 Å². The average Bonchev–Trinajstić information content (AvgIpc) is 2.64. The van der Waals surface area contributed by atoms with Crippen LogP contribution in [0.1, 0.15) is 51.8 Å². The summed E-state index contributed by atoms with van der Waals surface area (Å²) in [5.74, 6) is 2.29. The molecule has 1 N–H and O–H groups in total. The minimum atomic E-state index is 0.596. The second-order valence-electron chi connectivity index (χ2n) is 5.22. The molecule has 0 spiro atoms. The number of hydrogen-bond acceptors (Lipinski definition) is 4. The maximum absolute atomic E-state index is 4.38. The molecule has 0 fully saturated rings. The summed E-state index contributed by atoms with van der Waals surface area (Å²) in [7, 11) is 0. The Morgan fingerprint density at radius 1 is 1.26 bits per heavy atom. The van der Waals surface area contributed by atoms with Crippen LogP contribution in [0.25, 0.3) is 0 Å². The zero-order valence-electron chi connectivity index (χ0n) is 12.2. The molecule has 1 aliphatic rings. The van der Waals surface area contributed by atoms with E-state index in [2.05, 4.69) is 33.9 Å². The van der Waals surface area contributed by atoms with Crippen molar-refractivity contribution in [1.29, 1.82) is 0 Å². The SMILES string of the molecule is CCCC(CSc1nnc2n1CCCCC2)NCC. The second-order valence-corrected chi connectivity index (χ2v) is 6.20. The van der Waals surface area contributed by atoms with Gasteiger partial charge >= 0.3 is 0 Å². The van der Waals surface area contributed by atoms with E-state index in [4.69, 9.17) is 0 Å². The lowest BCUT2D eigenvalue weighted by Gasteiger charge is -2.16. The van der Waals surface area contributed by atoms with Gasteiger partial charge in [0.15, 0.2) is 5.16 Å². The molecule has 0 bridgehead atoms. The highest BCUT2D eigenvalue weighted by Gasteiger charge is 2.16. The number of thioether (sulfide) groups is 1. The van der Waals surface area contributed by atoms with Gasteiger partial charge in [-0.3, -0.25) is 0 Å². The van der Waals surface area contributed by atoms with Gasteiger partial charge in [-0.15, -0.1) is 10.2 Å². The van der Waals surface area contributed by atoms with Crippen LogP contribution in [0.3, 0.4) is 0 Å². The summed E-state index contributed by atoms with van der Waals surface area (Å²) in [5, 5.41) is 13.4. The molecule has 0 saturated carbocycles. The minimum Gasteiger partial charge on any atom is -0.313 e. The van der Waals surface area contributed by atoms with E-state index in [0.717, 1.165) is 30.4 Å². The van der Waals surface area contributed by atoms with Crippen LogP contribution in [0.2, 0.25) is 0 Å². The number of nitrogens with zero attached hydrogens (tertiary/aromatic N) is 3. The van der Waals surface area contributed by atoms with Crippen LogP contribution in [0.4, 0.5) is 0 Å². The predicted octanol–water partition coefficient (Wildman–Crippen LogP) is 2.87. The van der Waals surface area contributed by atoms with Crippen LogP contribution in [0.15, 0.2) is 5.16 Å². The number of aromatic nitrogens is 3. The molecule has 5 heteroatoms. The lowest BCUT2D eigenvalue weighted by molar-refractivity contribution is 0.529. The molecule has 1 atom stereocenters. The molecule has 1 aliphatic heterocycles. The third kappa shape index (κ3) is 4.21. The third-order valence-corrected chi connectivity index (χ3v) is 4.75. The standard InChI is InChI=1S/C14H26N4S/c1-3-8-12(15-4-2)11-19-14-17-16-13-9-6-5-7-10-18(13)14/h12,15H,3-11H2,1-2H3.